The lowest BCUT2D eigenvalue weighted by Crippen LogP contribution is -2.21. The molecule has 30 heavy (non-hydrogen) atoms. The number of aromatic nitrogens is 3. The first-order valence-electron chi connectivity index (χ1n) is 9.89. The number of carbonyl (C=O) groups excluding carboxylic acids is 1. The minimum Gasteiger partial charge on any atom is -0.436 e. The van der Waals surface area contributed by atoms with Crippen LogP contribution in [-0.4, -0.2) is 31.7 Å². The van der Waals surface area contributed by atoms with Crippen molar-refractivity contribution in [2.75, 3.05) is 0 Å². The lowest BCUT2D eigenvalue weighted by molar-refractivity contribution is 0.0994. The van der Waals surface area contributed by atoms with E-state index in [2.05, 4.69) is 9.97 Å². The van der Waals surface area contributed by atoms with E-state index < -0.39 is 12.0 Å². The number of aryl methyl sites for hydroxylation is 2. The maximum atomic E-state index is 11.3. The van der Waals surface area contributed by atoms with Gasteiger partial charge in [0.25, 0.3) is 5.91 Å². The summed E-state index contributed by atoms with van der Waals surface area (Å²) in [6.45, 7) is 3.76. The van der Waals surface area contributed by atoms with Crippen molar-refractivity contribution in [2.45, 2.75) is 38.8 Å². The van der Waals surface area contributed by atoms with Crippen LogP contribution >= 0.6 is 0 Å². The van der Waals surface area contributed by atoms with Crippen molar-refractivity contribution in [1.82, 2.24) is 14.5 Å². The molecule has 4 rings (SSSR count). The molecular formula is C23H24N4O3. The third kappa shape index (κ3) is 3.97. The smallest absolute Gasteiger partial charge is 0.268 e. The zero-order valence-corrected chi connectivity index (χ0v) is 16.9. The fourth-order valence-corrected chi connectivity index (χ4v) is 3.61. The van der Waals surface area contributed by atoms with Crippen LogP contribution in [-0.2, 0) is 6.42 Å². The lowest BCUT2D eigenvalue weighted by Gasteiger charge is -2.21. The molecule has 0 aliphatic rings. The molecular weight excluding hydrogens is 380 g/mol. The molecule has 3 N–H and O–H groups in total. The van der Waals surface area contributed by atoms with E-state index in [1.165, 1.54) is 11.9 Å². The van der Waals surface area contributed by atoms with Gasteiger partial charge in [-0.1, -0.05) is 29.8 Å². The number of carbonyl (C=O) groups is 1. The SMILES string of the molecule is Cc1ccc(-c2nc3cccc(CCC(C(C)O)n4cnc(C(N)=O)c4)c3o2)cc1. The Morgan fingerprint density at radius 1 is 1.23 bits per heavy atom. The molecule has 2 unspecified atom stereocenters. The first-order chi connectivity index (χ1) is 14.4. The van der Waals surface area contributed by atoms with Crippen LogP contribution in [0, 0.1) is 6.92 Å². The van der Waals surface area contributed by atoms with Gasteiger partial charge in [-0.3, -0.25) is 4.79 Å². The Bertz CT molecular complexity index is 1170. The summed E-state index contributed by atoms with van der Waals surface area (Å²) in [6, 6.07) is 13.7. The monoisotopic (exact) mass is 404 g/mol. The Kier molecular flexibility index (Phi) is 5.37. The first kappa shape index (κ1) is 19.8. The van der Waals surface area contributed by atoms with Crippen molar-refractivity contribution in [2.24, 2.45) is 5.73 Å². The summed E-state index contributed by atoms with van der Waals surface area (Å²) in [7, 11) is 0. The second-order valence-electron chi connectivity index (χ2n) is 7.57. The molecule has 2 atom stereocenters. The zero-order chi connectivity index (χ0) is 21.3. The highest BCUT2D eigenvalue weighted by molar-refractivity contribution is 5.90. The molecule has 2 aromatic carbocycles. The average Bonchev–Trinajstić information content (AvgIpc) is 3.36. The number of fused-ring (bicyclic) bond motifs is 1. The molecule has 4 aromatic rings. The third-order valence-electron chi connectivity index (χ3n) is 5.30. The minimum absolute atomic E-state index is 0.181. The number of benzene rings is 2. The molecule has 0 spiro atoms. The summed E-state index contributed by atoms with van der Waals surface area (Å²) >= 11 is 0. The molecule has 7 heteroatoms. The second kappa shape index (κ2) is 8.12. The molecule has 0 bridgehead atoms. The van der Waals surface area contributed by atoms with Gasteiger partial charge in [-0.2, -0.15) is 0 Å². The molecule has 2 heterocycles. The predicted octanol–water partition coefficient (Wildman–Crippen LogP) is 3.65. The van der Waals surface area contributed by atoms with Gasteiger partial charge in [0.2, 0.25) is 5.89 Å². The fourth-order valence-electron chi connectivity index (χ4n) is 3.61. The maximum absolute atomic E-state index is 11.3. The van der Waals surface area contributed by atoms with Crippen LogP contribution in [0.1, 0.15) is 41.0 Å². The van der Waals surface area contributed by atoms with Gasteiger partial charge >= 0.3 is 0 Å². The summed E-state index contributed by atoms with van der Waals surface area (Å²) in [4.78, 5) is 20.0. The van der Waals surface area contributed by atoms with Crippen LogP contribution in [0.25, 0.3) is 22.6 Å². The van der Waals surface area contributed by atoms with Gasteiger partial charge < -0.3 is 19.8 Å². The number of aliphatic hydroxyl groups is 1. The number of oxazole rings is 1. The van der Waals surface area contributed by atoms with Crippen molar-refractivity contribution in [3.05, 3.63) is 71.8 Å². The largest absolute Gasteiger partial charge is 0.436 e. The van der Waals surface area contributed by atoms with Crippen molar-refractivity contribution in [3.8, 4) is 11.5 Å². The van der Waals surface area contributed by atoms with Crippen LogP contribution in [0.4, 0.5) is 0 Å². The van der Waals surface area contributed by atoms with E-state index in [9.17, 15) is 9.90 Å². The first-order valence-corrected chi connectivity index (χ1v) is 9.89. The summed E-state index contributed by atoms with van der Waals surface area (Å²) in [5.74, 6) is -0.00149. The maximum Gasteiger partial charge on any atom is 0.268 e. The highest BCUT2D eigenvalue weighted by Gasteiger charge is 2.20. The Labute approximate surface area is 174 Å². The zero-order valence-electron chi connectivity index (χ0n) is 16.9. The highest BCUT2D eigenvalue weighted by Crippen LogP contribution is 2.29. The number of amides is 1. The molecule has 0 aliphatic heterocycles. The molecule has 7 nitrogen and oxygen atoms in total. The Balaban J connectivity index is 1.59. The van der Waals surface area contributed by atoms with E-state index in [4.69, 9.17) is 10.2 Å². The summed E-state index contributed by atoms with van der Waals surface area (Å²) in [5, 5.41) is 10.3. The predicted molar refractivity (Wildman–Crippen MR) is 114 cm³/mol. The highest BCUT2D eigenvalue weighted by atomic mass is 16.3. The van der Waals surface area contributed by atoms with Gasteiger partial charge in [-0.25, -0.2) is 9.97 Å². The number of para-hydroxylation sites is 1. The Morgan fingerprint density at radius 2 is 2.00 bits per heavy atom. The van der Waals surface area contributed by atoms with E-state index in [0.29, 0.717) is 18.7 Å². The van der Waals surface area contributed by atoms with Gasteiger partial charge in [-0.05, 0) is 50.5 Å². The quantitative estimate of drug-likeness (QED) is 0.489. The molecule has 0 saturated heterocycles. The number of hydrogen-bond donors (Lipinski definition) is 2. The van der Waals surface area contributed by atoms with E-state index in [-0.39, 0.29) is 11.7 Å². The number of nitrogens with zero attached hydrogens (tertiary/aromatic N) is 3. The van der Waals surface area contributed by atoms with Crippen LogP contribution in [0.2, 0.25) is 0 Å². The van der Waals surface area contributed by atoms with Crippen molar-refractivity contribution >= 4 is 17.0 Å². The van der Waals surface area contributed by atoms with Crippen LogP contribution < -0.4 is 5.73 Å². The number of rotatable bonds is 7. The molecule has 0 saturated carbocycles. The summed E-state index contributed by atoms with van der Waals surface area (Å²) in [5.41, 5.74) is 10.2. The average molecular weight is 404 g/mol. The van der Waals surface area contributed by atoms with Crippen molar-refractivity contribution in [1.29, 1.82) is 0 Å². The number of hydrogen-bond acceptors (Lipinski definition) is 5. The second-order valence-corrected chi connectivity index (χ2v) is 7.57. The molecule has 0 fully saturated rings. The van der Waals surface area contributed by atoms with Gasteiger partial charge in [-0.15, -0.1) is 0 Å². The van der Waals surface area contributed by atoms with E-state index in [1.54, 1.807) is 17.7 Å². The Morgan fingerprint density at radius 3 is 2.67 bits per heavy atom. The van der Waals surface area contributed by atoms with Crippen LogP contribution in [0.3, 0.4) is 0 Å². The number of primary amides is 1. The Hall–Kier alpha value is -3.45. The molecule has 2 aromatic heterocycles. The van der Waals surface area contributed by atoms with Crippen LogP contribution in [0.5, 0.6) is 0 Å². The van der Waals surface area contributed by atoms with Gasteiger partial charge in [0.15, 0.2) is 5.58 Å². The van der Waals surface area contributed by atoms with Gasteiger partial charge in [0, 0.05) is 11.8 Å². The number of aliphatic hydroxyl groups excluding tert-OH is 1. The van der Waals surface area contributed by atoms with E-state index >= 15 is 0 Å². The van der Waals surface area contributed by atoms with Gasteiger partial charge in [0.1, 0.15) is 11.2 Å². The third-order valence-corrected chi connectivity index (χ3v) is 5.30. The minimum atomic E-state index is -0.628. The van der Waals surface area contributed by atoms with Gasteiger partial charge in [0.05, 0.1) is 18.5 Å². The topological polar surface area (TPSA) is 107 Å². The molecule has 0 aliphatic carbocycles. The molecule has 154 valence electrons. The van der Waals surface area contributed by atoms with E-state index in [0.717, 1.165) is 22.2 Å². The van der Waals surface area contributed by atoms with Crippen molar-refractivity contribution < 1.29 is 14.3 Å². The van der Waals surface area contributed by atoms with Crippen LogP contribution in [0.15, 0.2) is 59.4 Å². The molecule has 1 amide bonds. The molecule has 0 radical (unpaired) electrons. The van der Waals surface area contributed by atoms with E-state index in [1.807, 2.05) is 49.4 Å². The fraction of sp³-hybridized carbons (Fsp3) is 0.261. The lowest BCUT2D eigenvalue weighted by atomic mass is 10.0. The normalized spacial score (nSPS) is 13.4. The number of nitrogens with two attached hydrogens (primary N) is 1. The standard InChI is InChI=1S/C23H24N4O3/c1-14-6-8-17(9-7-14)23-26-18-5-3-4-16(21(18)30-23)10-11-20(15(2)28)27-12-19(22(24)29)25-13-27/h3-9,12-13,15,20,28H,10-11H2,1-2H3,(H2,24,29). The number of imidazole rings is 1. The van der Waals surface area contributed by atoms with Crippen molar-refractivity contribution in [3.63, 3.8) is 0 Å². The summed E-state index contributed by atoms with van der Waals surface area (Å²) < 4.78 is 7.84. The summed E-state index contributed by atoms with van der Waals surface area (Å²) in [6.07, 6.45) is 3.77.